The molecule has 1 heterocycles. The second-order valence-corrected chi connectivity index (χ2v) is 11.1. The number of aliphatic carboxylic acids is 1. The normalized spacial score (nSPS) is 14.4. The van der Waals surface area contributed by atoms with Crippen molar-refractivity contribution >= 4 is 17.8 Å². The Bertz CT molecular complexity index is 1230. The van der Waals surface area contributed by atoms with Gasteiger partial charge in [-0.2, -0.15) is 0 Å². The van der Waals surface area contributed by atoms with Crippen molar-refractivity contribution in [1.29, 1.82) is 0 Å². The molecule has 3 aromatic rings. The number of nitrogens with one attached hydrogen (secondary N) is 1. The number of hydrogen-bond acceptors (Lipinski definition) is 4. The number of carboxylic acid groups (broad SMARTS) is 1. The standard InChI is InChI=1S/C35H42N2O5/c1-2-3-22-42-30-16-14-26(15-17-30)23-32(35(40)41)36-33(38)24-27-18-20-37(21-19-27)34(39)25-31(28-10-6-4-7-11-28)29-12-8-5-9-13-29/h4-17,27,31-32H,2-3,18-25H2,1H3,(H,36,38)(H,40,41)/t32-/m0/s1. The molecule has 7 heteroatoms. The van der Waals surface area contributed by atoms with E-state index in [1.807, 2.05) is 65.6 Å². The highest BCUT2D eigenvalue weighted by Gasteiger charge is 2.28. The number of hydrogen-bond donors (Lipinski definition) is 2. The van der Waals surface area contributed by atoms with Gasteiger partial charge in [0.2, 0.25) is 11.8 Å². The maximum Gasteiger partial charge on any atom is 0.326 e. The molecule has 0 unspecified atom stereocenters. The Morgan fingerprint density at radius 2 is 1.50 bits per heavy atom. The van der Waals surface area contributed by atoms with Crippen molar-refractivity contribution in [2.24, 2.45) is 5.92 Å². The number of ether oxygens (including phenoxy) is 1. The monoisotopic (exact) mass is 570 g/mol. The molecule has 2 amide bonds. The molecule has 42 heavy (non-hydrogen) atoms. The predicted octanol–water partition coefficient (Wildman–Crippen LogP) is 5.83. The van der Waals surface area contributed by atoms with E-state index in [0.717, 1.165) is 48.1 Å². The van der Waals surface area contributed by atoms with Crippen LogP contribution in [0.5, 0.6) is 5.75 Å². The minimum atomic E-state index is -1.06. The smallest absolute Gasteiger partial charge is 0.326 e. The number of likely N-dealkylation sites (tertiary alicyclic amines) is 1. The number of benzene rings is 3. The quantitative estimate of drug-likeness (QED) is 0.238. The fourth-order valence-electron chi connectivity index (χ4n) is 5.50. The van der Waals surface area contributed by atoms with Crippen molar-refractivity contribution in [3.63, 3.8) is 0 Å². The van der Waals surface area contributed by atoms with Crippen LogP contribution in [0.15, 0.2) is 84.9 Å². The van der Waals surface area contributed by atoms with Gasteiger partial charge >= 0.3 is 5.97 Å². The first-order valence-electron chi connectivity index (χ1n) is 15.0. The third kappa shape index (κ3) is 9.20. The first kappa shape index (κ1) is 30.8. The Kier molecular flexibility index (Phi) is 11.6. The van der Waals surface area contributed by atoms with E-state index in [1.165, 1.54) is 0 Å². The van der Waals surface area contributed by atoms with Gasteiger partial charge in [0.1, 0.15) is 11.8 Å². The SMILES string of the molecule is CCCCOc1ccc(C[C@H](NC(=O)CC2CCN(C(=O)CC(c3ccccc3)c3ccccc3)CC2)C(=O)O)cc1. The molecule has 0 radical (unpaired) electrons. The third-order valence-corrected chi connectivity index (χ3v) is 7.99. The van der Waals surface area contributed by atoms with Gasteiger partial charge in [0.25, 0.3) is 0 Å². The number of unbranched alkanes of at least 4 members (excludes halogenated alkanes) is 1. The Labute approximate surface area is 248 Å². The van der Waals surface area contributed by atoms with Gasteiger partial charge in [-0.05, 0) is 54.0 Å². The predicted molar refractivity (Wildman–Crippen MR) is 163 cm³/mol. The van der Waals surface area contributed by atoms with Crippen molar-refractivity contribution in [3.8, 4) is 5.75 Å². The fourth-order valence-corrected chi connectivity index (χ4v) is 5.50. The topological polar surface area (TPSA) is 95.9 Å². The van der Waals surface area contributed by atoms with Crippen molar-refractivity contribution in [3.05, 3.63) is 102 Å². The highest BCUT2D eigenvalue weighted by Crippen LogP contribution is 2.30. The number of rotatable bonds is 14. The number of amides is 2. The van der Waals surface area contributed by atoms with Crippen LogP contribution in [0.25, 0.3) is 0 Å². The van der Waals surface area contributed by atoms with Gasteiger partial charge in [0, 0.05) is 38.3 Å². The Morgan fingerprint density at radius 3 is 2.05 bits per heavy atom. The highest BCUT2D eigenvalue weighted by molar-refractivity contribution is 5.84. The maximum absolute atomic E-state index is 13.3. The van der Waals surface area contributed by atoms with Crippen LogP contribution in [0.4, 0.5) is 0 Å². The number of piperidine rings is 1. The summed E-state index contributed by atoms with van der Waals surface area (Å²) in [5.41, 5.74) is 3.06. The molecule has 4 rings (SSSR count). The first-order chi connectivity index (χ1) is 20.4. The molecule has 0 aliphatic carbocycles. The van der Waals surface area contributed by atoms with Gasteiger partial charge in [-0.15, -0.1) is 0 Å². The molecule has 1 aliphatic heterocycles. The molecule has 1 saturated heterocycles. The minimum Gasteiger partial charge on any atom is -0.494 e. The van der Waals surface area contributed by atoms with Crippen molar-refractivity contribution in [1.82, 2.24) is 10.2 Å². The molecule has 3 aromatic carbocycles. The van der Waals surface area contributed by atoms with Crippen LogP contribution in [0.2, 0.25) is 0 Å². The summed E-state index contributed by atoms with van der Waals surface area (Å²) in [5, 5.41) is 12.5. The molecular formula is C35H42N2O5. The summed E-state index contributed by atoms with van der Waals surface area (Å²) >= 11 is 0. The molecule has 1 atom stereocenters. The van der Waals surface area contributed by atoms with Crippen LogP contribution in [0, 0.1) is 5.92 Å². The molecule has 0 bridgehead atoms. The number of nitrogens with zero attached hydrogens (tertiary/aromatic N) is 1. The van der Waals surface area contributed by atoms with Crippen molar-refractivity contribution in [2.75, 3.05) is 19.7 Å². The van der Waals surface area contributed by atoms with Crippen LogP contribution in [0.3, 0.4) is 0 Å². The van der Waals surface area contributed by atoms with Crippen LogP contribution in [-0.4, -0.2) is 53.5 Å². The summed E-state index contributed by atoms with van der Waals surface area (Å²) in [5.74, 6) is -0.353. The summed E-state index contributed by atoms with van der Waals surface area (Å²) in [6, 6.07) is 26.6. The van der Waals surface area contributed by atoms with Gasteiger partial charge in [-0.25, -0.2) is 4.79 Å². The van der Waals surface area contributed by atoms with Gasteiger partial charge in [-0.3, -0.25) is 9.59 Å². The number of carbonyl (C=O) groups excluding carboxylic acids is 2. The lowest BCUT2D eigenvalue weighted by Gasteiger charge is -2.33. The van der Waals surface area contributed by atoms with E-state index in [1.54, 1.807) is 0 Å². The molecule has 7 nitrogen and oxygen atoms in total. The van der Waals surface area contributed by atoms with E-state index < -0.39 is 12.0 Å². The van der Waals surface area contributed by atoms with Crippen molar-refractivity contribution in [2.45, 2.75) is 63.8 Å². The Morgan fingerprint density at radius 1 is 0.905 bits per heavy atom. The molecule has 222 valence electrons. The molecular weight excluding hydrogens is 528 g/mol. The van der Waals surface area contributed by atoms with Crippen LogP contribution >= 0.6 is 0 Å². The average molecular weight is 571 g/mol. The molecule has 1 fully saturated rings. The summed E-state index contributed by atoms with van der Waals surface area (Å²) in [7, 11) is 0. The largest absolute Gasteiger partial charge is 0.494 e. The summed E-state index contributed by atoms with van der Waals surface area (Å²) in [6.45, 7) is 3.95. The average Bonchev–Trinajstić information content (AvgIpc) is 3.01. The zero-order valence-electron chi connectivity index (χ0n) is 24.4. The minimum absolute atomic E-state index is 0.0128. The second-order valence-electron chi connectivity index (χ2n) is 11.1. The zero-order valence-corrected chi connectivity index (χ0v) is 24.4. The fraction of sp³-hybridized carbons (Fsp3) is 0.400. The van der Waals surface area contributed by atoms with Gasteiger partial charge in [-0.1, -0.05) is 86.1 Å². The van der Waals surface area contributed by atoms with Gasteiger partial charge < -0.3 is 20.1 Å². The number of carbonyl (C=O) groups is 3. The summed E-state index contributed by atoms with van der Waals surface area (Å²) < 4.78 is 5.67. The zero-order chi connectivity index (χ0) is 29.7. The Hall–Kier alpha value is -4.13. The summed E-state index contributed by atoms with van der Waals surface area (Å²) in [4.78, 5) is 40.0. The molecule has 0 aromatic heterocycles. The lowest BCUT2D eigenvalue weighted by Crippen LogP contribution is -2.44. The van der Waals surface area contributed by atoms with Crippen LogP contribution in [-0.2, 0) is 20.8 Å². The number of carboxylic acids is 1. The van der Waals surface area contributed by atoms with Crippen LogP contribution in [0.1, 0.15) is 68.1 Å². The van der Waals surface area contributed by atoms with E-state index >= 15 is 0 Å². The van der Waals surface area contributed by atoms with Crippen LogP contribution < -0.4 is 10.1 Å². The molecule has 2 N–H and O–H groups in total. The van der Waals surface area contributed by atoms with Crippen molar-refractivity contribution < 1.29 is 24.2 Å². The lowest BCUT2D eigenvalue weighted by molar-refractivity contribution is -0.142. The second kappa shape index (κ2) is 15.8. The Balaban J connectivity index is 1.25. The molecule has 0 saturated carbocycles. The van der Waals surface area contributed by atoms with E-state index in [9.17, 15) is 19.5 Å². The maximum atomic E-state index is 13.3. The lowest BCUT2D eigenvalue weighted by atomic mass is 9.87. The van der Waals surface area contributed by atoms with Gasteiger partial charge in [0.15, 0.2) is 0 Å². The van der Waals surface area contributed by atoms with E-state index in [-0.39, 0.29) is 36.5 Å². The van der Waals surface area contributed by atoms with Gasteiger partial charge in [0.05, 0.1) is 6.61 Å². The molecule has 0 spiro atoms. The summed E-state index contributed by atoms with van der Waals surface area (Å²) in [6.07, 6.45) is 4.33. The van der Waals surface area contributed by atoms with E-state index in [2.05, 4.69) is 36.5 Å². The molecule has 1 aliphatic rings. The van der Waals surface area contributed by atoms with E-state index in [0.29, 0.717) is 26.1 Å². The highest BCUT2D eigenvalue weighted by atomic mass is 16.5. The first-order valence-corrected chi connectivity index (χ1v) is 15.0. The van der Waals surface area contributed by atoms with E-state index in [4.69, 9.17) is 4.74 Å². The third-order valence-electron chi connectivity index (χ3n) is 7.99.